The number of nitrogens with one attached hydrogen (secondary N) is 1. The number of nitrogens with zero attached hydrogens (tertiary/aromatic N) is 2. The highest BCUT2D eigenvalue weighted by atomic mass is 16.2. The number of anilines is 1. The van der Waals surface area contributed by atoms with Gasteiger partial charge in [0.2, 0.25) is 0 Å². The lowest BCUT2D eigenvalue weighted by Crippen LogP contribution is -2.40. The highest BCUT2D eigenvalue weighted by Gasteiger charge is 2.20. The van der Waals surface area contributed by atoms with Crippen LogP contribution < -0.4 is 17.0 Å². The molecule has 1 unspecified atom stereocenters. The number of nitrogen functional groups attached to an aromatic ring is 1. The van der Waals surface area contributed by atoms with Gasteiger partial charge in [-0.15, -0.1) is 0 Å². The number of aromatic nitrogens is 2. The third-order valence-corrected chi connectivity index (χ3v) is 4.01. The van der Waals surface area contributed by atoms with Crippen LogP contribution in [0.15, 0.2) is 9.59 Å². The Bertz CT molecular complexity index is 603. The van der Waals surface area contributed by atoms with Crippen molar-refractivity contribution < 1.29 is 0 Å². The number of hydrogen-bond donors (Lipinski definition) is 2. The molecular weight excluding hydrogens is 268 g/mol. The maximum Gasteiger partial charge on any atom is 0.329 e. The topological polar surface area (TPSA) is 84.1 Å². The van der Waals surface area contributed by atoms with E-state index < -0.39 is 5.69 Å². The van der Waals surface area contributed by atoms with Crippen molar-refractivity contribution in [2.24, 2.45) is 11.8 Å². The largest absolute Gasteiger partial charge is 0.385 e. The molecule has 1 atom stereocenters. The van der Waals surface area contributed by atoms with Crippen LogP contribution >= 0.6 is 0 Å². The van der Waals surface area contributed by atoms with Crippen LogP contribution in [0.3, 0.4) is 0 Å². The molecule has 0 radical (unpaired) electrons. The van der Waals surface area contributed by atoms with Gasteiger partial charge in [0.25, 0.3) is 5.56 Å². The van der Waals surface area contributed by atoms with Gasteiger partial charge in [0.05, 0.1) is 5.56 Å². The van der Waals surface area contributed by atoms with Crippen molar-refractivity contribution in [3.63, 3.8) is 0 Å². The average Bonchev–Trinajstić information content (AvgIpc) is 2.39. The summed E-state index contributed by atoms with van der Waals surface area (Å²) in [4.78, 5) is 28.6. The van der Waals surface area contributed by atoms with Crippen LogP contribution in [0, 0.1) is 11.8 Å². The highest BCUT2D eigenvalue weighted by molar-refractivity contribution is 5.38. The second-order valence-corrected chi connectivity index (χ2v) is 6.61. The van der Waals surface area contributed by atoms with Gasteiger partial charge in [-0.25, -0.2) is 4.79 Å². The molecule has 0 saturated carbocycles. The first-order valence-corrected chi connectivity index (χ1v) is 7.72. The predicted molar refractivity (Wildman–Crippen MR) is 84.2 cm³/mol. The molecule has 2 heterocycles. The molecule has 6 nitrogen and oxygen atoms in total. The molecule has 0 bridgehead atoms. The highest BCUT2D eigenvalue weighted by Crippen LogP contribution is 2.18. The van der Waals surface area contributed by atoms with E-state index in [1.807, 2.05) is 13.8 Å². The zero-order valence-electron chi connectivity index (χ0n) is 13.2. The summed E-state index contributed by atoms with van der Waals surface area (Å²) in [6, 6.07) is 0. The summed E-state index contributed by atoms with van der Waals surface area (Å²) < 4.78 is 1.48. The lowest BCUT2D eigenvalue weighted by atomic mass is 10.00. The number of hydrogen-bond acceptors (Lipinski definition) is 4. The van der Waals surface area contributed by atoms with E-state index in [1.165, 1.54) is 11.0 Å². The molecule has 1 fully saturated rings. The Kier molecular flexibility index (Phi) is 4.88. The molecule has 0 aliphatic carbocycles. The molecule has 1 aliphatic heterocycles. The summed E-state index contributed by atoms with van der Waals surface area (Å²) in [5.41, 5.74) is 5.85. The molecule has 0 spiro atoms. The Balaban J connectivity index is 2.30. The first-order valence-electron chi connectivity index (χ1n) is 7.72. The number of aromatic amines is 1. The van der Waals surface area contributed by atoms with Gasteiger partial charge in [0.15, 0.2) is 0 Å². The van der Waals surface area contributed by atoms with Gasteiger partial charge in [0.1, 0.15) is 5.82 Å². The maximum atomic E-state index is 12.1. The summed E-state index contributed by atoms with van der Waals surface area (Å²) in [6.45, 7) is 9.24. The van der Waals surface area contributed by atoms with E-state index >= 15 is 0 Å². The molecule has 0 aromatic carbocycles. The second kappa shape index (κ2) is 6.47. The van der Waals surface area contributed by atoms with Gasteiger partial charge in [-0.05, 0) is 31.2 Å². The third kappa shape index (κ3) is 3.75. The van der Waals surface area contributed by atoms with Gasteiger partial charge in [-0.3, -0.25) is 19.2 Å². The molecule has 118 valence electrons. The van der Waals surface area contributed by atoms with Gasteiger partial charge in [0, 0.05) is 19.6 Å². The van der Waals surface area contributed by atoms with E-state index in [1.54, 1.807) is 0 Å². The Labute approximate surface area is 125 Å². The van der Waals surface area contributed by atoms with E-state index in [4.69, 9.17) is 5.73 Å². The Morgan fingerprint density at radius 2 is 2.10 bits per heavy atom. The van der Waals surface area contributed by atoms with E-state index in [0.717, 1.165) is 19.5 Å². The molecular formula is C15H26N4O2. The van der Waals surface area contributed by atoms with E-state index in [9.17, 15) is 9.59 Å². The summed E-state index contributed by atoms with van der Waals surface area (Å²) in [5.74, 6) is 1.25. The van der Waals surface area contributed by atoms with Crippen molar-refractivity contribution in [1.29, 1.82) is 0 Å². The first kappa shape index (κ1) is 15.8. The summed E-state index contributed by atoms with van der Waals surface area (Å²) in [6.07, 6.45) is 2.37. The minimum Gasteiger partial charge on any atom is -0.385 e. The first-order chi connectivity index (χ1) is 9.88. The van der Waals surface area contributed by atoms with Gasteiger partial charge >= 0.3 is 5.69 Å². The van der Waals surface area contributed by atoms with Crippen LogP contribution in [0.4, 0.5) is 5.82 Å². The van der Waals surface area contributed by atoms with Crippen molar-refractivity contribution in [3.8, 4) is 0 Å². The number of rotatable bonds is 4. The Morgan fingerprint density at radius 1 is 1.38 bits per heavy atom. The molecule has 1 aliphatic rings. The summed E-state index contributed by atoms with van der Waals surface area (Å²) in [7, 11) is 0. The van der Waals surface area contributed by atoms with E-state index in [0.29, 0.717) is 36.3 Å². The van der Waals surface area contributed by atoms with E-state index in [2.05, 4.69) is 16.8 Å². The molecule has 3 N–H and O–H groups in total. The maximum absolute atomic E-state index is 12.1. The average molecular weight is 294 g/mol. The van der Waals surface area contributed by atoms with Crippen LogP contribution in [-0.2, 0) is 13.1 Å². The Hall–Kier alpha value is -1.56. The van der Waals surface area contributed by atoms with Gasteiger partial charge in [-0.2, -0.15) is 0 Å². The van der Waals surface area contributed by atoms with Crippen LogP contribution in [0.2, 0.25) is 0 Å². The van der Waals surface area contributed by atoms with Crippen LogP contribution in [-0.4, -0.2) is 27.5 Å². The van der Waals surface area contributed by atoms with E-state index in [-0.39, 0.29) is 5.56 Å². The zero-order chi connectivity index (χ0) is 15.6. The zero-order valence-corrected chi connectivity index (χ0v) is 13.2. The summed E-state index contributed by atoms with van der Waals surface area (Å²) >= 11 is 0. The molecule has 6 heteroatoms. The van der Waals surface area contributed by atoms with Gasteiger partial charge < -0.3 is 5.73 Å². The minimum absolute atomic E-state index is 0.291. The van der Waals surface area contributed by atoms with Gasteiger partial charge in [-0.1, -0.05) is 20.8 Å². The fourth-order valence-electron chi connectivity index (χ4n) is 2.98. The Morgan fingerprint density at radius 3 is 2.71 bits per heavy atom. The van der Waals surface area contributed by atoms with Crippen molar-refractivity contribution in [2.75, 3.05) is 18.8 Å². The van der Waals surface area contributed by atoms with Crippen LogP contribution in [0.1, 0.15) is 39.2 Å². The van der Waals surface area contributed by atoms with Crippen LogP contribution in [0.25, 0.3) is 0 Å². The second-order valence-electron chi connectivity index (χ2n) is 6.61. The molecule has 1 saturated heterocycles. The third-order valence-electron chi connectivity index (χ3n) is 4.01. The predicted octanol–water partition coefficient (Wildman–Crippen LogP) is 1.01. The van der Waals surface area contributed by atoms with Crippen molar-refractivity contribution >= 4 is 5.82 Å². The number of H-pyrrole nitrogens is 1. The SMILES string of the molecule is CC(C)Cn1c(N)c(CN2CCCC(C)C2)c(=O)[nH]c1=O. The lowest BCUT2D eigenvalue weighted by molar-refractivity contribution is 0.176. The lowest BCUT2D eigenvalue weighted by Gasteiger charge is -2.31. The molecule has 1 aromatic rings. The fourth-order valence-corrected chi connectivity index (χ4v) is 2.98. The summed E-state index contributed by atoms with van der Waals surface area (Å²) in [5, 5.41) is 0. The molecule has 2 rings (SSSR count). The normalized spacial score (nSPS) is 20.1. The molecule has 21 heavy (non-hydrogen) atoms. The number of nitrogens with two attached hydrogens (primary N) is 1. The molecule has 1 aromatic heterocycles. The van der Waals surface area contributed by atoms with Crippen LogP contribution in [0.5, 0.6) is 0 Å². The number of piperidine rings is 1. The smallest absolute Gasteiger partial charge is 0.329 e. The molecule has 0 amide bonds. The van der Waals surface area contributed by atoms with Crippen molar-refractivity contribution in [2.45, 2.75) is 46.7 Å². The number of likely N-dealkylation sites (tertiary alicyclic amines) is 1. The van der Waals surface area contributed by atoms with Crippen molar-refractivity contribution in [3.05, 3.63) is 26.4 Å². The monoisotopic (exact) mass is 294 g/mol. The fraction of sp³-hybridized carbons (Fsp3) is 0.733. The standard InChI is InChI=1S/C15H26N4O2/c1-10(2)7-19-13(16)12(14(20)17-15(19)21)9-18-6-4-5-11(3)8-18/h10-11H,4-9,16H2,1-3H3,(H,17,20,21). The minimum atomic E-state index is -0.415. The van der Waals surface area contributed by atoms with Crippen molar-refractivity contribution in [1.82, 2.24) is 14.5 Å². The quantitative estimate of drug-likeness (QED) is 0.868.